The van der Waals surface area contributed by atoms with E-state index in [9.17, 15) is 0 Å². The molecule has 2 heterocycles. The molecule has 4 aromatic rings. The first-order valence-electron chi connectivity index (χ1n) is 18.1. The number of aryl methyl sites for hydroxylation is 1. The van der Waals surface area contributed by atoms with Crippen molar-refractivity contribution in [2.24, 2.45) is 0 Å². The van der Waals surface area contributed by atoms with Crippen LogP contribution < -0.4 is 9.69 Å². The lowest BCUT2D eigenvalue weighted by Gasteiger charge is -2.53. The number of aromatic nitrogens is 2. The molecule has 3 aliphatic rings. The number of benzene rings is 2. The molecule has 2 aromatic carbocycles. The highest BCUT2D eigenvalue weighted by molar-refractivity contribution is 7.33. The van der Waals surface area contributed by atoms with Crippen molar-refractivity contribution in [1.82, 2.24) is 9.97 Å². The SMILES string of the molecule is [2H]c1nc(-c2cc([Si](C)(C)C)c3ccccc3c2)c2sc([Si](C3CCCCC3)(C3CCCCC3)C3CCCCC3)c(C)c2n1. The van der Waals surface area contributed by atoms with Crippen LogP contribution >= 0.6 is 11.3 Å². The van der Waals surface area contributed by atoms with Crippen LogP contribution in [-0.4, -0.2) is 26.1 Å². The number of nitrogens with zero attached hydrogens (tertiary/aromatic N) is 2. The molecule has 0 atom stereocenters. The van der Waals surface area contributed by atoms with Gasteiger partial charge < -0.3 is 0 Å². The first-order valence-corrected chi connectivity index (χ1v) is 24.1. The molecule has 3 aliphatic carbocycles. The number of thiophene rings is 1. The van der Waals surface area contributed by atoms with Gasteiger partial charge >= 0.3 is 0 Å². The van der Waals surface area contributed by atoms with Crippen LogP contribution in [0.25, 0.3) is 32.2 Å². The number of fused-ring (bicyclic) bond motifs is 2. The van der Waals surface area contributed by atoms with Crippen LogP contribution in [0.4, 0.5) is 0 Å². The molecule has 3 saturated carbocycles. The summed E-state index contributed by atoms with van der Waals surface area (Å²) in [4.78, 5) is 9.93. The maximum atomic E-state index is 8.86. The van der Waals surface area contributed by atoms with Crippen molar-refractivity contribution in [3.05, 3.63) is 48.3 Å². The van der Waals surface area contributed by atoms with E-state index in [1.54, 1.807) is 4.50 Å². The summed E-state index contributed by atoms with van der Waals surface area (Å²) in [5.74, 6) is 0. The van der Waals surface area contributed by atoms with Gasteiger partial charge in [0, 0.05) is 5.56 Å². The standard InChI is InChI=1S/C38H52N2SSi2/c1-27-35-37(36(40-26-39-35)29-24-28-16-14-15-23-33(28)34(25-29)42(2,3)4)41-38(27)43(30-17-8-5-9-18-30,31-19-10-6-11-20-31)32-21-12-7-13-22-32/h14-16,23-26,30-32H,5-13,17-22H2,1-4H3/i26D. The van der Waals surface area contributed by atoms with Gasteiger partial charge in [0.2, 0.25) is 0 Å². The molecule has 0 bridgehead atoms. The van der Waals surface area contributed by atoms with Gasteiger partial charge in [0.15, 0.2) is 0 Å². The lowest BCUT2D eigenvalue weighted by atomic mass is 9.98. The summed E-state index contributed by atoms with van der Waals surface area (Å²) in [6.45, 7) is 9.77. The van der Waals surface area contributed by atoms with Crippen molar-refractivity contribution in [3.8, 4) is 11.3 Å². The van der Waals surface area contributed by atoms with Gasteiger partial charge in [-0.25, -0.2) is 9.97 Å². The van der Waals surface area contributed by atoms with Crippen LogP contribution in [0.1, 0.15) is 103 Å². The fraction of sp³-hybridized carbons (Fsp3) is 0.579. The molecular weight excluding hydrogens is 573 g/mol. The average molecular weight is 626 g/mol. The third-order valence-corrected chi connectivity index (χ3v) is 23.3. The normalized spacial score (nSPS) is 20.6. The smallest absolute Gasteiger partial charge is 0.116 e. The predicted octanol–water partition coefficient (Wildman–Crippen LogP) is 11.0. The van der Waals surface area contributed by atoms with Crippen molar-refractivity contribution in [1.29, 1.82) is 0 Å². The lowest BCUT2D eigenvalue weighted by molar-refractivity contribution is 0.421. The predicted molar refractivity (Wildman–Crippen MR) is 194 cm³/mol. The van der Waals surface area contributed by atoms with Crippen LogP contribution in [0, 0.1) is 6.92 Å². The third kappa shape index (κ3) is 5.29. The fourth-order valence-corrected chi connectivity index (χ4v) is 23.1. The van der Waals surface area contributed by atoms with Gasteiger partial charge in [-0.1, -0.05) is 151 Å². The summed E-state index contributed by atoms with van der Waals surface area (Å²) in [5.41, 5.74) is 7.50. The van der Waals surface area contributed by atoms with E-state index in [2.05, 4.69) is 74.3 Å². The second kappa shape index (κ2) is 12.2. The van der Waals surface area contributed by atoms with Crippen molar-refractivity contribution >= 4 is 58.2 Å². The molecule has 0 amide bonds. The second-order valence-electron chi connectivity index (χ2n) is 15.3. The van der Waals surface area contributed by atoms with Crippen LogP contribution in [0.2, 0.25) is 36.3 Å². The van der Waals surface area contributed by atoms with Gasteiger partial charge in [-0.05, 0) is 50.4 Å². The maximum Gasteiger partial charge on any atom is 0.116 e. The summed E-state index contributed by atoms with van der Waals surface area (Å²) in [6, 6.07) is 13.7. The molecule has 5 heteroatoms. The van der Waals surface area contributed by atoms with Gasteiger partial charge in [-0.2, -0.15) is 0 Å². The number of hydrogen-bond donors (Lipinski definition) is 0. The van der Waals surface area contributed by atoms with E-state index in [0.29, 0.717) is 0 Å². The summed E-state index contributed by atoms with van der Waals surface area (Å²) < 4.78 is 11.9. The highest BCUT2D eigenvalue weighted by atomic mass is 32.1. The zero-order chi connectivity index (χ0) is 30.5. The Balaban J connectivity index is 1.49. The van der Waals surface area contributed by atoms with Crippen molar-refractivity contribution in [2.45, 2.75) is 140 Å². The molecule has 0 N–H and O–H groups in total. The molecule has 2 aromatic heterocycles. The van der Waals surface area contributed by atoms with Crippen LogP contribution in [0.15, 0.2) is 42.7 Å². The summed E-state index contributed by atoms with van der Waals surface area (Å²) >= 11 is 2.13. The van der Waals surface area contributed by atoms with E-state index in [-0.39, 0.29) is 6.30 Å². The Bertz CT molecular complexity index is 1590. The molecule has 0 spiro atoms. The van der Waals surface area contributed by atoms with Crippen LogP contribution in [-0.2, 0) is 0 Å². The first kappa shape index (κ1) is 28.6. The molecule has 3 fully saturated rings. The molecule has 228 valence electrons. The first-order chi connectivity index (χ1) is 21.3. The van der Waals surface area contributed by atoms with Gasteiger partial charge in [-0.3, -0.25) is 0 Å². The molecule has 0 aliphatic heterocycles. The summed E-state index contributed by atoms with van der Waals surface area (Å²) in [6.07, 6.45) is 21.8. The average Bonchev–Trinajstić information content (AvgIpc) is 3.37. The molecule has 0 radical (unpaired) electrons. The van der Waals surface area contributed by atoms with Gasteiger partial charge in [0.25, 0.3) is 0 Å². The lowest BCUT2D eigenvalue weighted by Crippen LogP contribution is -2.60. The third-order valence-electron chi connectivity index (χ3n) is 11.8. The highest BCUT2D eigenvalue weighted by Crippen LogP contribution is 2.58. The van der Waals surface area contributed by atoms with Crippen LogP contribution in [0.5, 0.6) is 0 Å². The number of rotatable bonds is 6. The van der Waals surface area contributed by atoms with E-state index in [1.165, 1.54) is 128 Å². The summed E-state index contributed by atoms with van der Waals surface area (Å²) in [7, 11) is -3.55. The fourth-order valence-electron chi connectivity index (χ4n) is 9.95. The van der Waals surface area contributed by atoms with Crippen molar-refractivity contribution < 1.29 is 1.37 Å². The van der Waals surface area contributed by atoms with E-state index in [1.807, 2.05) is 0 Å². The minimum Gasteiger partial charge on any atom is -0.235 e. The largest absolute Gasteiger partial charge is 0.235 e. The Hall–Kier alpha value is -1.83. The van der Waals surface area contributed by atoms with Gasteiger partial charge in [0.1, 0.15) is 15.7 Å². The zero-order valence-corrected chi connectivity index (χ0v) is 29.9. The Morgan fingerprint density at radius 3 is 1.86 bits per heavy atom. The quantitative estimate of drug-likeness (QED) is 0.199. The molecule has 7 rings (SSSR count). The Labute approximate surface area is 267 Å². The van der Waals surface area contributed by atoms with E-state index in [4.69, 9.17) is 11.3 Å². The number of hydrogen-bond acceptors (Lipinski definition) is 3. The Morgan fingerprint density at radius 1 is 0.744 bits per heavy atom. The van der Waals surface area contributed by atoms with Crippen molar-refractivity contribution in [2.75, 3.05) is 0 Å². The zero-order valence-electron chi connectivity index (χ0n) is 28.1. The van der Waals surface area contributed by atoms with Gasteiger partial charge in [-0.15, -0.1) is 11.3 Å². The minimum absolute atomic E-state index is 0.183. The molecule has 43 heavy (non-hydrogen) atoms. The molecular formula is C38H52N2SSi2. The van der Waals surface area contributed by atoms with E-state index < -0.39 is 16.1 Å². The summed E-state index contributed by atoms with van der Waals surface area (Å²) in [5, 5.41) is 4.17. The molecule has 0 unspecified atom stereocenters. The second-order valence-corrected chi connectivity index (χ2v) is 26.6. The minimum atomic E-state index is -1.93. The Kier molecular flexibility index (Phi) is 8.10. The maximum absolute atomic E-state index is 8.86. The Morgan fingerprint density at radius 2 is 1.30 bits per heavy atom. The van der Waals surface area contributed by atoms with E-state index in [0.717, 1.165) is 27.8 Å². The van der Waals surface area contributed by atoms with Crippen LogP contribution in [0.3, 0.4) is 0 Å². The topological polar surface area (TPSA) is 25.8 Å². The molecule has 2 nitrogen and oxygen atoms in total. The molecule has 0 saturated heterocycles. The monoisotopic (exact) mass is 625 g/mol. The van der Waals surface area contributed by atoms with Gasteiger partial charge in [0.05, 0.1) is 24.0 Å². The van der Waals surface area contributed by atoms with E-state index >= 15 is 0 Å². The highest BCUT2D eigenvalue weighted by Gasteiger charge is 2.55. The van der Waals surface area contributed by atoms with Crippen molar-refractivity contribution in [3.63, 3.8) is 0 Å².